The largest absolute Gasteiger partial charge is 0.478 e. The fourth-order valence-electron chi connectivity index (χ4n) is 1.44. The third-order valence-corrected chi connectivity index (χ3v) is 2.26. The molecule has 1 saturated carbocycles. The van der Waals surface area contributed by atoms with Crippen molar-refractivity contribution in [2.24, 2.45) is 0 Å². The summed E-state index contributed by atoms with van der Waals surface area (Å²) in [4.78, 5) is 21.5. The second kappa shape index (κ2) is 4.79. The maximum absolute atomic E-state index is 11.2. The predicted molar refractivity (Wildman–Crippen MR) is 49.7 cm³/mol. The minimum atomic E-state index is -1.09. The van der Waals surface area contributed by atoms with Crippen molar-refractivity contribution in [3.8, 4) is 0 Å². The summed E-state index contributed by atoms with van der Waals surface area (Å²) in [7, 11) is 0. The van der Waals surface area contributed by atoms with Crippen molar-refractivity contribution in [3.05, 3.63) is 11.6 Å². The summed E-state index contributed by atoms with van der Waals surface area (Å²) in [6.07, 6.45) is 4.97. The first-order valence-corrected chi connectivity index (χ1v) is 4.72. The SMILES string of the molecule is C/C(=C/C(=O)OC1CCCC1)C(=O)O. The molecule has 0 atom stereocenters. The molecule has 78 valence electrons. The molecule has 1 rings (SSSR count). The molecule has 0 radical (unpaired) electrons. The Morgan fingerprint density at radius 1 is 1.36 bits per heavy atom. The van der Waals surface area contributed by atoms with Gasteiger partial charge < -0.3 is 9.84 Å². The topological polar surface area (TPSA) is 63.6 Å². The van der Waals surface area contributed by atoms with Crippen LogP contribution in [0.1, 0.15) is 32.6 Å². The second-order valence-corrected chi connectivity index (χ2v) is 3.48. The van der Waals surface area contributed by atoms with Crippen LogP contribution < -0.4 is 0 Å². The molecule has 1 N–H and O–H groups in total. The number of esters is 1. The zero-order chi connectivity index (χ0) is 10.6. The first-order chi connectivity index (χ1) is 6.59. The Kier molecular flexibility index (Phi) is 3.68. The monoisotopic (exact) mass is 198 g/mol. The van der Waals surface area contributed by atoms with Crippen LogP contribution in [0.2, 0.25) is 0 Å². The number of carboxylic acid groups (broad SMARTS) is 1. The summed E-state index contributed by atoms with van der Waals surface area (Å²) in [5.74, 6) is -1.63. The molecule has 0 aromatic carbocycles. The summed E-state index contributed by atoms with van der Waals surface area (Å²) in [5.41, 5.74) is 0.00740. The fourth-order valence-corrected chi connectivity index (χ4v) is 1.44. The summed E-state index contributed by atoms with van der Waals surface area (Å²) in [6.45, 7) is 1.37. The van der Waals surface area contributed by atoms with Gasteiger partial charge in [0.25, 0.3) is 0 Å². The van der Waals surface area contributed by atoms with Crippen molar-refractivity contribution >= 4 is 11.9 Å². The Morgan fingerprint density at radius 2 is 1.93 bits per heavy atom. The van der Waals surface area contributed by atoms with Crippen molar-refractivity contribution in [2.45, 2.75) is 38.7 Å². The van der Waals surface area contributed by atoms with Gasteiger partial charge >= 0.3 is 11.9 Å². The molecule has 0 saturated heterocycles. The predicted octanol–water partition coefficient (Wildman–Crippen LogP) is 1.50. The van der Waals surface area contributed by atoms with Crippen molar-refractivity contribution in [1.29, 1.82) is 0 Å². The lowest BCUT2D eigenvalue weighted by Crippen LogP contribution is -2.13. The normalized spacial score (nSPS) is 18.2. The van der Waals surface area contributed by atoms with E-state index in [4.69, 9.17) is 9.84 Å². The van der Waals surface area contributed by atoms with Crippen LogP contribution in [0.25, 0.3) is 0 Å². The zero-order valence-corrected chi connectivity index (χ0v) is 8.16. The Morgan fingerprint density at radius 3 is 2.43 bits per heavy atom. The highest BCUT2D eigenvalue weighted by atomic mass is 16.5. The van der Waals surface area contributed by atoms with Crippen LogP contribution in [-0.4, -0.2) is 23.1 Å². The van der Waals surface area contributed by atoms with Gasteiger partial charge in [-0.15, -0.1) is 0 Å². The quantitative estimate of drug-likeness (QED) is 0.551. The van der Waals surface area contributed by atoms with Crippen LogP contribution >= 0.6 is 0 Å². The Bertz CT molecular complexity index is 261. The van der Waals surface area contributed by atoms with E-state index in [1.165, 1.54) is 6.92 Å². The lowest BCUT2D eigenvalue weighted by Gasteiger charge is -2.08. The number of hydrogen-bond donors (Lipinski definition) is 1. The van der Waals surface area contributed by atoms with Gasteiger partial charge in [0.1, 0.15) is 6.10 Å². The molecular formula is C10H14O4. The van der Waals surface area contributed by atoms with Gasteiger partial charge in [0, 0.05) is 11.6 Å². The molecule has 4 heteroatoms. The molecule has 1 fully saturated rings. The molecule has 0 aromatic rings. The maximum atomic E-state index is 11.2. The highest BCUT2D eigenvalue weighted by Gasteiger charge is 2.18. The Hall–Kier alpha value is -1.32. The molecule has 4 nitrogen and oxygen atoms in total. The molecule has 0 bridgehead atoms. The van der Waals surface area contributed by atoms with Gasteiger partial charge in [-0.2, -0.15) is 0 Å². The van der Waals surface area contributed by atoms with Gasteiger partial charge in [-0.1, -0.05) is 0 Å². The van der Waals surface area contributed by atoms with Crippen LogP contribution in [0, 0.1) is 0 Å². The van der Waals surface area contributed by atoms with Crippen LogP contribution in [-0.2, 0) is 14.3 Å². The standard InChI is InChI=1S/C10H14O4/c1-7(10(12)13)6-9(11)14-8-4-2-3-5-8/h6,8H,2-5H2,1H3,(H,12,13)/b7-6-. The lowest BCUT2D eigenvalue weighted by molar-refractivity contribution is -0.143. The van der Waals surface area contributed by atoms with Crippen molar-refractivity contribution < 1.29 is 19.4 Å². The number of rotatable bonds is 3. The molecule has 0 aromatic heterocycles. The minimum Gasteiger partial charge on any atom is -0.478 e. The first kappa shape index (κ1) is 10.8. The average molecular weight is 198 g/mol. The summed E-state index contributed by atoms with van der Waals surface area (Å²) >= 11 is 0. The molecule has 0 heterocycles. The van der Waals surface area contributed by atoms with E-state index in [9.17, 15) is 9.59 Å². The average Bonchev–Trinajstić information content (AvgIpc) is 2.56. The molecule has 0 aliphatic heterocycles. The van der Waals surface area contributed by atoms with Gasteiger partial charge in [-0.25, -0.2) is 9.59 Å². The molecule has 0 unspecified atom stereocenters. The van der Waals surface area contributed by atoms with Crippen LogP contribution in [0.5, 0.6) is 0 Å². The Labute approximate surface area is 82.6 Å². The van der Waals surface area contributed by atoms with E-state index in [0.717, 1.165) is 31.8 Å². The second-order valence-electron chi connectivity index (χ2n) is 3.48. The van der Waals surface area contributed by atoms with Crippen LogP contribution in [0.4, 0.5) is 0 Å². The molecular weight excluding hydrogens is 184 g/mol. The van der Waals surface area contributed by atoms with Gasteiger partial charge in [0.05, 0.1) is 0 Å². The highest BCUT2D eigenvalue weighted by Crippen LogP contribution is 2.21. The lowest BCUT2D eigenvalue weighted by atomic mass is 10.3. The summed E-state index contributed by atoms with van der Waals surface area (Å²) in [5, 5.41) is 8.52. The third-order valence-electron chi connectivity index (χ3n) is 2.26. The van der Waals surface area contributed by atoms with Gasteiger partial charge in [-0.3, -0.25) is 0 Å². The number of carbonyl (C=O) groups is 2. The number of carbonyl (C=O) groups excluding carboxylic acids is 1. The van der Waals surface area contributed by atoms with Gasteiger partial charge in [-0.05, 0) is 32.6 Å². The van der Waals surface area contributed by atoms with Crippen LogP contribution in [0.3, 0.4) is 0 Å². The first-order valence-electron chi connectivity index (χ1n) is 4.72. The van der Waals surface area contributed by atoms with Crippen LogP contribution in [0.15, 0.2) is 11.6 Å². The minimum absolute atomic E-state index is 0.00740. The van der Waals surface area contributed by atoms with Crippen molar-refractivity contribution in [1.82, 2.24) is 0 Å². The number of aliphatic carboxylic acids is 1. The van der Waals surface area contributed by atoms with E-state index in [-0.39, 0.29) is 11.7 Å². The third kappa shape index (κ3) is 3.20. The van der Waals surface area contributed by atoms with Crippen molar-refractivity contribution in [2.75, 3.05) is 0 Å². The van der Waals surface area contributed by atoms with E-state index in [2.05, 4.69) is 0 Å². The van der Waals surface area contributed by atoms with Gasteiger partial charge in [0.2, 0.25) is 0 Å². The van der Waals surface area contributed by atoms with E-state index >= 15 is 0 Å². The van der Waals surface area contributed by atoms with E-state index in [1.807, 2.05) is 0 Å². The van der Waals surface area contributed by atoms with Gasteiger partial charge in [0.15, 0.2) is 0 Å². The number of hydrogen-bond acceptors (Lipinski definition) is 3. The molecule has 1 aliphatic carbocycles. The Balaban J connectivity index is 2.41. The number of carboxylic acids is 1. The number of ether oxygens (including phenoxy) is 1. The molecule has 14 heavy (non-hydrogen) atoms. The molecule has 0 amide bonds. The van der Waals surface area contributed by atoms with Crippen molar-refractivity contribution in [3.63, 3.8) is 0 Å². The highest BCUT2D eigenvalue weighted by molar-refractivity contribution is 5.94. The molecule has 1 aliphatic rings. The van der Waals surface area contributed by atoms with E-state index in [0.29, 0.717) is 0 Å². The summed E-state index contributed by atoms with van der Waals surface area (Å²) in [6, 6.07) is 0. The fraction of sp³-hybridized carbons (Fsp3) is 0.600. The maximum Gasteiger partial charge on any atom is 0.331 e. The van der Waals surface area contributed by atoms with E-state index < -0.39 is 11.9 Å². The van der Waals surface area contributed by atoms with E-state index in [1.54, 1.807) is 0 Å². The smallest absolute Gasteiger partial charge is 0.331 e. The zero-order valence-electron chi connectivity index (χ0n) is 8.16. The molecule has 0 spiro atoms. The summed E-state index contributed by atoms with van der Waals surface area (Å²) < 4.78 is 5.05.